The monoisotopic (exact) mass is 404 g/mol. The number of pyridine rings is 1. The maximum absolute atomic E-state index is 12.9. The van der Waals surface area contributed by atoms with Crippen molar-refractivity contribution in [2.75, 3.05) is 54.4 Å². The Morgan fingerprint density at radius 1 is 0.900 bits per heavy atom. The molecule has 0 spiro atoms. The van der Waals surface area contributed by atoms with E-state index in [4.69, 9.17) is 0 Å². The summed E-state index contributed by atoms with van der Waals surface area (Å²) < 4.78 is 0. The van der Waals surface area contributed by atoms with Crippen molar-refractivity contribution in [3.05, 3.63) is 48.2 Å². The molecule has 2 fully saturated rings. The second-order valence-electron chi connectivity index (χ2n) is 7.81. The number of rotatable bonds is 3. The molecule has 0 atom stereocenters. The number of hydrogen-bond acceptors (Lipinski definition) is 5. The molecule has 3 heterocycles. The van der Waals surface area contributed by atoms with E-state index in [0.29, 0.717) is 37.6 Å². The molecule has 30 heavy (non-hydrogen) atoms. The molecule has 0 aliphatic carbocycles. The molecule has 1 aromatic carbocycles. The first-order valence-electron chi connectivity index (χ1n) is 10.8. The number of amides is 2. The third-order valence-corrected chi connectivity index (χ3v) is 5.87. The first-order chi connectivity index (χ1) is 14.8. The van der Waals surface area contributed by atoms with Crippen LogP contribution in [0.15, 0.2) is 42.6 Å². The molecule has 0 radical (unpaired) electrons. The van der Waals surface area contributed by atoms with Crippen LogP contribution in [0.5, 0.6) is 0 Å². The Bertz CT molecular complexity index is 908. The van der Waals surface area contributed by atoms with Gasteiger partial charge in [-0.3, -0.25) is 0 Å². The number of piperazine rings is 1. The average molecular weight is 405 g/mol. The second-order valence-corrected chi connectivity index (χ2v) is 7.81. The van der Waals surface area contributed by atoms with Gasteiger partial charge in [-0.25, -0.2) is 9.78 Å². The first-order valence-corrected chi connectivity index (χ1v) is 10.8. The molecular formula is C23H28N6O. The number of carbonyl (C=O) groups is 1. The van der Waals surface area contributed by atoms with Gasteiger partial charge in [0.1, 0.15) is 11.9 Å². The lowest BCUT2D eigenvalue weighted by atomic mass is 10.2. The molecule has 0 bridgehead atoms. The SMILES string of the molecule is N#Cc1cccnc1N1CCN(C(=O)Nc2ccccc2N2CCCCCC2)CC1. The van der Waals surface area contributed by atoms with Crippen LogP contribution in [0.2, 0.25) is 0 Å². The number of para-hydroxylation sites is 2. The Morgan fingerprint density at radius 2 is 1.63 bits per heavy atom. The third-order valence-electron chi connectivity index (χ3n) is 5.87. The van der Waals surface area contributed by atoms with E-state index >= 15 is 0 Å². The smallest absolute Gasteiger partial charge is 0.322 e. The molecule has 7 nitrogen and oxygen atoms in total. The summed E-state index contributed by atoms with van der Waals surface area (Å²) in [5, 5.41) is 12.4. The number of nitriles is 1. The minimum absolute atomic E-state index is 0.0709. The van der Waals surface area contributed by atoms with Gasteiger partial charge in [0, 0.05) is 45.5 Å². The van der Waals surface area contributed by atoms with Crippen molar-refractivity contribution in [1.82, 2.24) is 9.88 Å². The summed E-state index contributed by atoms with van der Waals surface area (Å²) in [4.78, 5) is 23.6. The van der Waals surface area contributed by atoms with Gasteiger partial charge in [0.25, 0.3) is 0 Å². The Morgan fingerprint density at radius 3 is 2.37 bits per heavy atom. The van der Waals surface area contributed by atoms with Crippen LogP contribution >= 0.6 is 0 Å². The van der Waals surface area contributed by atoms with Crippen molar-refractivity contribution in [1.29, 1.82) is 5.26 Å². The van der Waals surface area contributed by atoms with Crippen molar-refractivity contribution in [2.24, 2.45) is 0 Å². The van der Waals surface area contributed by atoms with E-state index in [1.807, 2.05) is 23.1 Å². The second kappa shape index (κ2) is 9.49. The van der Waals surface area contributed by atoms with E-state index < -0.39 is 0 Å². The molecule has 1 aromatic heterocycles. The highest BCUT2D eigenvalue weighted by Gasteiger charge is 2.24. The van der Waals surface area contributed by atoms with Gasteiger partial charge in [-0.1, -0.05) is 25.0 Å². The Labute approximate surface area is 177 Å². The third kappa shape index (κ3) is 4.48. The van der Waals surface area contributed by atoms with Gasteiger partial charge in [0.05, 0.1) is 16.9 Å². The average Bonchev–Trinajstić information content (AvgIpc) is 3.09. The molecule has 2 amide bonds. The van der Waals surface area contributed by atoms with Crippen LogP contribution in [-0.2, 0) is 0 Å². The van der Waals surface area contributed by atoms with Gasteiger partial charge >= 0.3 is 6.03 Å². The number of anilines is 3. The molecule has 2 aromatic rings. The summed E-state index contributed by atoms with van der Waals surface area (Å²) >= 11 is 0. The fourth-order valence-electron chi connectivity index (χ4n) is 4.22. The molecule has 4 rings (SSSR count). The molecular weight excluding hydrogens is 376 g/mol. The van der Waals surface area contributed by atoms with Crippen LogP contribution in [0.4, 0.5) is 22.0 Å². The molecule has 2 saturated heterocycles. The Kier molecular flexibility index (Phi) is 6.33. The zero-order valence-corrected chi connectivity index (χ0v) is 17.3. The highest BCUT2D eigenvalue weighted by molar-refractivity contribution is 5.93. The predicted octanol–water partition coefficient (Wildman–Crippen LogP) is 3.69. The number of carbonyl (C=O) groups excluding carboxylic acids is 1. The number of aromatic nitrogens is 1. The van der Waals surface area contributed by atoms with E-state index in [2.05, 4.69) is 32.2 Å². The van der Waals surface area contributed by atoms with E-state index in [1.165, 1.54) is 25.7 Å². The predicted molar refractivity (Wildman–Crippen MR) is 119 cm³/mol. The summed E-state index contributed by atoms with van der Waals surface area (Å²) in [6, 6.07) is 13.8. The van der Waals surface area contributed by atoms with Crippen molar-refractivity contribution in [3.63, 3.8) is 0 Å². The fourth-order valence-corrected chi connectivity index (χ4v) is 4.22. The minimum Gasteiger partial charge on any atom is -0.370 e. The van der Waals surface area contributed by atoms with Crippen LogP contribution in [0.3, 0.4) is 0 Å². The molecule has 1 N–H and O–H groups in total. The minimum atomic E-state index is -0.0709. The van der Waals surface area contributed by atoms with Gasteiger partial charge in [-0.2, -0.15) is 5.26 Å². The zero-order chi connectivity index (χ0) is 20.8. The number of hydrogen-bond donors (Lipinski definition) is 1. The molecule has 2 aliphatic heterocycles. The van der Waals surface area contributed by atoms with E-state index in [1.54, 1.807) is 18.3 Å². The quantitative estimate of drug-likeness (QED) is 0.844. The van der Waals surface area contributed by atoms with Crippen LogP contribution in [0.25, 0.3) is 0 Å². The summed E-state index contributed by atoms with van der Waals surface area (Å²) in [5.74, 6) is 0.701. The van der Waals surface area contributed by atoms with E-state index in [-0.39, 0.29) is 6.03 Å². The number of nitrogens with one attached hydrogen (secondary N) is 1. The topological polar surface area (TPSA) is 75.5 Å². The zero-order valence-electron chi connectivity index (χ0n) is 17.3. The molecule has 0 unspecified atom stereocenters. The summed E-state index contributed by atoms with van der Waals surface area (Å²) in [5.41, 5.74) is 2.56. The largest absolute Gasteiger partial charge is 0.370 e. The van der Waals surface area contributed by atoms with Crippen molar-refractivity contribution >= 4 is 23.2 Å². The summed E-state index contributed by atoms with van der Waals surface area (Å²) in [6.45, 7) is 4.59. The van der Waals surface area contributed by atoms with Crippen LogP contribution in [0, 0.1) is 11.3 Å². The first kappa shape index (κ1) is 20.0. The van der Waals surface area contributed by atoms with Gasteiger partial charge in [0.15, 0.2) is 0 Å². The van der Waals surface area contributed by atoms with E-state index in [9.17, 15) is 10.1 Å². The standard InChI is InChI=1S/C23H28N6O/c24-18-19-8-7-11-25-22(19)28-14-16-29(17-15-28)23(30)26-20-9-3-4-10-21(20)27-12-5-1-2-6-13-27/h3-4,7-11H,1-2,5-6,12-17H2,(H,26,30). The van der Waals surface area contributed by atoms with Crippen molar-refractivity contribution in [3.8, 4) is 6.07 Å². The molecule has 0 saturated carbocycles. The van der Waals surface area contributed by atoms with E-state index in [0.717, 1.165) is 24.5 Å². The lowest BCUT2D eigenvalue weighted by Crippen LogP contribution is -2.50. The number of urea groups is 1. The molecule has 2 aliphatic rings. The van der Waals surface area contributed by atoms with Crippen molar-refractivity contribution < 1.29 is 4.79 Å². The van der Waals surface area contributed by atoms with Crippen LogP contribution in [0.1, 0.15) is 31.2 Å². The lowest BCUT2D eigenvalue weighted by Gasteiger charge is -2.36. The maximum Gasteiger partial charge on any atom is 0.322 e. The van der Waals surface area contributed by atoms with Gasteiger partial charge in [0.2, 0.25) is 0 Å². The Balaban J connectivity index is 1.39. The van der Waals surface area contributed by atoms with Gasteiger partial charge in [-0.15, -0.1) is 0 Å². The highest BCUT2D eigenvalue weighted by atomic mass is 16.2. The maximum atomic E-state index is 12.9. The Hall–Kier alpha value is -3.27. The van der Waals surface area contributed by atoms with Crippen LogP contribution < -0.4 is 15.1 Å². The normalized spacial score (nSPS) is 17.2. The molecule has 156 valence electrons. The summed E-state index contributed by atoms with van der Waals surface area (Å²) in [7, 11) is 0. The number of benzene rings is 1. The lowest BCUT2D eigenvalue weighted by molar-refractivity contribution is 0.208. The van der Waals surface area contributed by atoms with Gasteiger partial charge in [-0.05, 0) is 37.1 Å². The highest BCUT2D eigenvalue weighted by Crippen LogP contribution is 2.28. The van der Waals surface area contributed by atoms with Crippen molar-refractivity contribution in [2.45, 2.75) is 25.7 Å². The van der Waals surface area contributed by atoms with Crippen LogP contribution in [-0.4, -0.2) is 55.2 Å². The summed E-state index contributed by atoms with van der Waals surface area (Å²) in [6.07, 6.45) is 6.65. The number of nitrogens with zero attached hydrogens (tertiary/aromatic N) is 5. The van der Waals surface area contributed by atoms with Gasteiger partial charge < -0.3 is 20.0 Å². The molecule has 7 heteroatoms. The fraction of sp³-hybridized carbons (Fsp3) is 0.435.